The quantitative estimate of drug-likeness (QED) is 0.0138. The highest BCUT2D eigenvalue weighted by Crippen LogP contribution is 2.37. The molecule has 8 aromatic carbocycles. The van der Waals surface area contributed by atoms with Crippen LogP contribution in [0, 0.1) is 32.6 Å². The summed E-state index contributed by atoms with van der Waals surface area (Å²) in [5.41, 5.74) is 13.8. The molecule has 0 bridgehead atoms. The number of pyridine rings is 1. The van der Waals surface area contributed by atoms with Crippen LogP contribution in [0.5, 0.6) is 5.75 Å². The maximum Gasteiger partial charge on any atom is 0.274 e. The van der Waals surface area contributed by atoms with Gasteiger partial charge in [-0.3, -0.25) is 48.1 Å². The predicted octanol–water partition coefficient (Wildman–Crippen LogP) is 19.7. The molecule has 12 aromatic rings. The van der Waals surface area contributed by atoms with Crippen molar-refractivity contribution in [3.05, 3.63) is 338 Å². The van der Waals surface area contributed by atoms with Gasteiger partial charge in [0.2, 0.25) is 11.8 Å². The van der Waals surface area contributed by atoms with Gasteiger partial charge in [-0.05, 0) is 228 Å². The topological polar surface area (TPSA) is 362 Å². The third-order valence-electron chi connectivity index (χ3n) is 28.0. The summed E-state index contributed by atoms with van der Waals surface area (Å²) in [4.78, 5) is 138. The lowest BCUT2D eigenvalue weighted by atomic mass is 9.83. The lowest BCUT2D eigenvalue weighted by Crippen LogP contribution is -2.46. The number of fused-ring (bicyclic) bond motifs is 3. The molecule has 148 heavy (non-hydrogen) atoms. The van der Waals surface area contributed by atoms with E-state index in [0.717, 1.165) is 134 Å². The Balaban J connectivity index is 0.000000185. The molecule has 0 fully saturated rings. The number of rotatable bonds is 43. The van der Waals surface area contributed by atoms with Crippen LogP contribution in [0.25, 0.3) is 17.1 Å². The molecule has 4 aromatic heterocycles. The van der Waals surface area contributed by atoms with Crippen LogP contribution >= 0.6 is 0 Å². The molecular formula is C119H143N15O14. The fourth-order valence-corrected chi connectivity index (χ4v) is 19.2. The fraction of sp³-hybridized carbons (Fsp3) is 0.387. The van der Waals surface area contributed by atoms with Crippen LogP contribution in [0.1, 0.15) is 269 Å². The average Bonchev–Trinajstić information content (AvgIpc) is 1.44. The molecule has 29 nitrogen and oxygen atoms in total. The molecule has 778 valence electrons. The van der Waals surface area contributed by atoms with Gasteiger partial charge in [-0.25, -0.2) is 14.0 Å². The lowest BCUT2D eigenvalue weighted by molar-refractivity contribution is -0.121. The number of Topliss-reactive ketones (excluding diaryl/α,β-unsaturated/α-hetero) is 1. The Morgan fingerprint density at radius 2 is 0.804 bits per heavy atom. The second-order valence-electron chi connectivity index (χ2n) is 39.2. The number of anilines is 3. The van der Waals surface area contributed by atoms with E-state index in [1.54, 1.807) is 120 Å². The molecule has 0 aliphatic carbocycles. The van der Waals surface area contributed by atoms with E-state index >= 15 is 0 Å². The van der Waals surface area contributed by atoms with Gasteiger partial charge in [0.15, 0.2) is 23.8 Å². The number of aryl methyl sites for hydroxylation is 3. The summed E-state index contributed by atoms with van der Waals surface area (Å²) in [5, 5.41) is 64.6. The number of nitrogens with zero attached hydrogens (tertiary/aromatic N) is 12. The van der Waals surface area contributed by atoms with Crippen molar-refractivity contribution in [3.63, 3.8) is 0 Å². The van der Waals surface area contributed by atoms with E-state index in [0.29, 0.717) is 145 Å². The minimum absolute atomic E-state index is 0.0251. The summed E-state index contributed by atoms with van der Waals surface area (Å²) in [6.45, 7) is 28.3. The van der Waals surface area contributed by atoms with Crippen molar-refractivity contribution in [2.75, 3.05) is 68.6 Å². The van der Waals surface area contributed by atoms with E-state index < -0.39 is 41.3 Å². The summed E-state index contributed by atoms with van der Waals surface area (Å²) >= 11 is 0. The Kier molecular flexibility index (Phi) is 39.5. The van der Waals surface area contributed by atoms with Crippen molar-refractivity contribution in [3.8, 4) is 22.8 Å². The highest BCUT2D eigenvalue weighted by atomic mass is 16.5. The Bertz CT molecular complexity index is 6570. The monoisotopic (exact) mass is 2010 g/mol. The molecule has 0 radical (unpaired) electrons. The van der Waals surface area contributed by atoms with Crippen molar-refractivity contribution >= 4 is 70.1 Å². The molecule has 0 saturated heterocycles. The first-order valence-electron chi connectivity index (χ1n) is 52.2. The molecule has 7 N–H and O–H groups in total. The highest BCUT2D eigenvalue weighted by molar-refractivity contribution is 6.05. The minimum atomic E-state index is -0.922. The van der Waals surface area contributed by atoms with E-state index in [1.807, 2.05) is 178 Å². The number of nitrogens with one attached hydrogen (secondary N) is 3. The van der Waals surface area contributed by atoms with Crippen LogP contribution < -0.4 is 20.7 Å². The number of ether oxygens (including phenoxy) is 1. The second-order valence-corrected chi connectivity index (χ2v) is 39.2. The smallest absolute Gasteiger partial charge is 0.274 e. The van der Waals surface area contributed by atoms with Crippen LogP contribution in [0.15, 0.2) is 243 Å². The van der Waals surface area contributed by atoms with E-state index in [9.17, 15) is 63.6 Å². The van der Waals surface area contributed by atoms with Gasteiger partial charge in [-0.15, -0.1) is 0 Å². The molecule has 15 rings (SSSR count). The largest absolute Gasteiger partial charge is 0.512 e. The number of amides is 8. The van der Waals surface area contributed by atoms with Gasteiger partial charge < -0.3 is 65.6 Å². The van der Waals surface area contributed by atoms with E-state index in [2.05, 4.69) is 69.1 Å². The molecular weight excluding hydrogens is 1860 g/mol. The van der Waals surface area contributed by atoms with Crippen LogP contribution in [0.3, 0.4) is 0 Å². The highest BCUT2D eigenvalue weighted by Gasteiger charge is 2.39. The van der Waals surface area contributed by atoms with Crippen LogP contribution in [0.4, 0.5) is 17.1 Å². The van der Waals surface area contributed by atoms with Gasteiger partial charge >= 0.3 is 0 Å². The molecule has 29 heteroatoms. The number of ketones is 1. The number of benzene rings is 8. The van der Waals surface area contributed by atoms with Gasteiger partial charge in [-0.1, -0.05) is 233 Å². The summed E-state index contributed by atoms with van der Waals surface area (Å²) in [6, 6.07) is 65.3. The number of hydrogen-bond donors (Lipinski definition) is 7. The first-order valence-corrected chi connectivity index (χ1v) is 52.2. The van der Waals surface area contributed by atoms with E-state index in [4.69, 9.17) is 20.0 Å². The SMILES string of the molecule is C=C(O)C(Cc1ccccc1)C(=O)Nc1ccc(-n2nc(C(=O)N(CCCC)CCCC)cc2C)c(C(=O)N2Cc3ccccc3C[C@H]2CO)c1.CCCCC(CCCC)C(=O)c1cc(C)n(-c2ccc(NC(=O)COc3cccnc3)cc2C(=O)N2Cc3ccccc3C[C@H]2CO)n1.CCCCN(CCCC)C(=O)c1cc(C)n(-c2ccc(NC(=O)C(C)(C)c3ccccc3)cc2C(=O)N2Cc3ccccc3C[C@H]2CO)n1. The van der Waals surface area contributed by atoms with Gasteiger partial charge in [-0.2, -0.15) is 15.3 Å². The van der Waals surface area contributed by atoms with Crippen molar-refractivity contribution in [2.24, 2.45) is 11.8 Å². The normalized spacial score (nSPS) is 14.3. The molecule has 4 atom stereocenters. The molecule has 3 aliphatic rings. The van der Waals surface area contributed by atoms with Crippen molar-refractivity contribution < 1.29 is 68.3 Å². The molecule has 8 amide bonds. The number of carbonyl (C=O) groups is 9. The molecule has 7 heterocycles. The molecule has 0 spiro atoms. The van der Waals surface area contributed by atoms with Crippen molar-refractivity contribution in [2.45, 2.75) is 235 Å². The fourth-order valence-electron chi connectivity index (χ4n) is 19.2. The third kappa shape index (κ3) is 27.5. The zero-order valence-corrected chi connectivity index (χ0v) is 87.3. The van der Waals surface area contributed by atoms with Crippen molar-refractivity contribution in [1.82, 2.24) is 58.8 Å². The second kappa shape index (κ2) is 53.0. The lowest BCUT2D eigenvalue weighted by Gasteiger charge is -2.36. The van der Waals surface area contributed by atoms with Crippen LogP contribution in [-0.4, -0.2) is 203 Å². The van der Waals surface area contributed by atoms with Crippen LogP contribution in [-0.2, 0) is 65.1 Å². The molecule has 1 unspecified atom stereocenters. The zero-order valence-electron chi connectivity index (χ0n) is 87.3. The van der Waals surface area contributed by atoms with Crippen molar-refractivity contribution in [1.29, 1.82) is 0 Å². The first-order chi connectivity index (χ1) is 71.5. The average molecular weight is 2010 g/mol. The number of unbranched alkanes of at least 4 members (excludes halogenated alkanes) is 6. The Morgan fingerprint density at radius 3 is 1.18 bits per heavy atom. The Labute approximate surface area is 868 Å². The van der Waals surface area contributed by atoms with Gasteiger partial charge in [0.1, 0.15) is 11.4 Å². The summed E-state index contributed by atoms with van der Waals surface area (Å²) in [6.07, 6.45) is 18.1. The van der Waals surface area contributed by atoms with E-state index in [1.165, 1.54) is 6.20 Å². The summed E-state index contributed by atoms with van der Waals surface area (Å²) in [7, 11) is 0. The number of carbonyl (C=O) groups excluding carboxylic acids is 9. The van der Waals surface area contributed by atoms with Gasteiger partial charge in [0, 0.05) is 92.1 Å². The molecule has 3 aliphatic heterocycles. The van der Waals surface area contributed by atoms with Gasteiger partial charge in [0.05, 0.1) is 95.0 Å². The summed E-state index contributed by atoms with van der Waals surface area (Å²) < 4.78 is 10.4. The Morgan fingerprint density at radius 1 is 0.439 bits per heavy atom. The third-order valence-corrected chi connectivity index (χ3v) is 28.0. The number of aliphatic hydroxyl groups is 4. The minimum Gasteiger partial charge on any atom is -0.512 e. The predicted molar refractivity (Wildman–Crippen MR) is 576 cm³/mol. The standard InChI is InChI=1S/C41H49N5O5.C40H49N5O4.C38H45N5O5/c1-5-7-20-44(21-8-6-2)41(51)37-22-28(3)46(43-37)38-19-18-33(42-39(49)35(29(4)48)23-30-14-10-9-11-15-30)25-36(38)40(50)45-26-32-17-13-12-16-31(32)24-34(45)27-47;1-6-8-21-43(22-9-7-2)38(48)35-23-28(3)45(42-35)36-20-19-32(41-39(49)40(4,5)31-17-11-10-12-18-31)25-34(36)37(47)44-26-30-16-14-13-15-29(30)24-33(44)27-46;1-4-6-11-27(12-7-5-2)37(46)34-19-26(3)43(41-34)35-17-16-30(40-36(45)25-48-32-15-10-18-39-22-32)21-33(35)38(47)42-23-29-14-9-8-13-28(29)20-31(42)24-44/h9-19,22,25,34-35,47-48H,4-8,20-21,23-24,26-27H2,1-3H3,(H,42,49);10-20,23,25,33,46H,6-9,21-22,24,26-27H2,1-5H3,(H,41,49);8-10,13-19,21-22,27,31,44H,4-7,11-12,20,23-25H2,1-3H3,(H,40,45)/t34-,35?;33-;31-/m000/s1. The number of aliphatic hydroxyl groups excluding tert-OH is 4. The van der Waals surface area contributed by atoms with Gasteiger partial charge in [0.25, 0.3) is 35.4 Å². The number of aromatic nitrogens is 7. The summed E-state index contributed by atoms with van der Waals surface area (Å²) in [5.74, 6) is -3.13. The van der Waals surface area contributed by atoms with Crippen LogP contribution in [0.2, 0.25) is 0 Å². The first kappa shape index (κ1) is 110. The number of hydrogen-bond acceptors (Lipinski definition) is 18. The zero-order chi connectivity index (χ0) is 106. The maximum absolute atomic E-state index is 14.6. The Hall–Kier alpha value is -14.8. The van der Waals surface area contributed by atoms with E-state index in [-0.39, 0.29) is 96.9 Å². The maximum atomic E-state index is 14.6. The molecule has 0 saturated carbocycles.